The predicted molar refractivity (Wildman–Crippen MR) is 122 cm³/mol. The average Bonchev–Trinajstić information content (AvgIpc) is 2.85. The van der Waals surface area contributed by atoms with Crippen molar-refractivity contribution in [2.75, 3.05) is 36.5 Å². The fraction of sp³-hybridized carbons (Fsp3) is 0.292. The molecule has 8 nitrogen and oxygen atoms in total. The highest BCUT2D eigenvalue weighted by Gasteiger charge is 2.25. The lowest BCUT2D eigenvalue weighted by atomic mass is 10.0. The van der Waals surface area contributed by atoms with Crippen LogP contribution in [0.2, 0.25) is 0 Å². The van der Waals surface area contributed by atoms with Crippen LogP contribution in [0.5, 0.6) is 0 Å². The van der Waals surface area contributed by atoms with Crippen LogP contribution in [0.1, 0.15) is 34.2 Å². The Morgan fingerprint density at radius 2 is 1.94 bits per heavy atom. The molecule has 0 unspecified atom stereocenters. The summed E-state index contributed by atoms with van der Waals surface area (Å²) in [4.78, 5) is 27.4. The van der Waals surface area contributed by atoms with Gasteiger partial charge in [0.25, 0.3) is 11.8 Å². The van der Waals surface area contributed by atoms with Crippen LogP contribution in [-0.4, -0.2) is 47.2 Å². The van der Waals surface area contributed by atoms with Crippen LogP contribution in [-0.2, 0) is 10.7 Å². The van der Waals surface area contributed by atoms with Crippen molar-refractivity contribution in [3.63, 3.8) is 0 Å². The molecule has 0 atom stereocenters. The minimum Gasteiger partial charge on any atom is -0.378 e. The van der Waals surface area contributed by atoms with Gasteiger partial charge < -0.3 is 15.0 Å². The van der Waals surface area contributed by atoms with Gasteiger partial charge in [0.1, 0.15) is 17.6 Å². The van der Waals surface area contributed by atoms with E-state index in [1.54, 1.807) is 25.3 Å². The maximum Gasteiger partial charge on any atom is 0.274 e. The Balaban J connectivity index is 1.60. The lowest BCUT2D eigenvalue weighted by Gasteiger charge is -2.28. The molecule has 0 bridgehead atoms. The number of hydrogen-bond acceptors (Lipinski definition) is 7. The van der Waals surface area contributed by atoms with Gasteiger partial charge in [0.2, 0.25) is 0 Å². The number of pyridine rings is 3. The van der Waals surface area contributed by atoms with E-state index in [0.717, 1.165) is 13.0 Å². The zero-order valence-electron chi connectivity index (χ0n) is 18.7. The zero-order chi connectivity index (χ0) is 24.3. The number of halogens is 2. The molecule has 10 heteroatoms. The summed E-state index contributed by atoms with van der Waals surface area (Å²) in [5, 5.41) is 12.3. The third-order valence-electron chi connectivity index (χ3n) is 5.45. The summed E-state index contributed by atoms with van der Waals surface area (Å²) in [6, 6.07) is 7.87. The van der Waals surface area contributed by atoms with Crippen molar-refractivity contribution < 1.29 is 18.3 Å². The number of aromatic nitrogens is 3. The largest absolute Gasteiger partial charge is 0.378 e. The molecule has 1 aliphatic rings. The van der Waals surface area contributed by atoms with E-state index in [1.165, 1.54) is 18.5 Å². The average molecular weight is 464 g/mol. The van der Waals surface area contributed by atoms with Gasteiger partial charge in [-0.15, -0.1) is 0 Å². The first kappa shape index (κ1) is 23.2. The molecule has 1 fully saturated rings. The van der Waals surface area contributed by atoms with Crippen LogP contribution in [0.15, 0.2) is 42.9 Å². The number of nitriles is 1. The molecule has 4 heterocycles. The van der Waals surface area contributed by atoms with E-state index >= 15 is 0 Å². The molecule has 4 rings (SSSR count). The summed E-state index contributed by atoms with van der Waals surface area (Å²) < 4.78 is 32.6. The molecule has 0 aromatic carbocycles. The highest BCUT2D eigenvalue weighted by Crippen LogP contribution is 2.29. The fourth-order valence-corrected chi connectivity index (χ4v) is 3.63. The number of carbonyl (C=O) groups is 1. The molecular weight excluding hydrogens is 442 g/mol. The van der Waals surface area contributed by atoms with Gasteiger partial charge in [-0.05, 0) is 31.2 Å². The first-order valence-corrected chi connectivity index (χ1v) is 10.6. The Morgan fingerprint density at radius 3 is 2.65 bits per heavy atom. The second kappa shape index (κ2) is 9.49. The molecule has 1 aliphatic heterocycles. The zero-order valence-corrected chi connectivity index (χ0v) is 18.7. The quantitative estimate of drug-likeness (QED) is 0.610. The number of nitrogens with zero attached hydrogens (tertiary/aromatic N) is 5. The molecule has 34 heavy (non-hydrogen) atoms. The summed E-state index contributed by atoms with van der Waals surface area (Å²) in [5.74, 6) is -3.13. The van der Waals surface area contributed by atoms with E-state index in [1.807, 2.05) is 4.90 Å². The van der Waals surface area contributed by atoms with Crippen molar-refractivity contribution in [3.05, 3.63) is 65.4 Å². The Labute approximate surface area is 195 Å². The second-order valence-corrected chi connectivity index (χ2v) is 7.94. The van der Waals surface area contributed by atoms with Gasteiger partial charge in [0.15, 0.2) is 0 Å². The minimum atomic E-state index is -3.09. The molecule has 0 saturated carbocycles. The molecule has 3 aromatic heterocycles. The summed E-state index contributed by atoms with van der Waals surface area (Å²) >= 11 is 0. The molecule has 3 aromatic rings. The maximum atomic E-state index is 13.6. The lowest BCUT2D eigenvalue weighted by molar-refractivity contribution is 0.0173. The van der Waals surface area contributed by atoms with Crippen molar-refractivity contribution in [3.8, 4) is 17.2 Å². The molecule has 1 amide bonds. The second-order valence-electron chi connectivity index (χ2n) is 7.94. The van der Waals surface area contributed by atoms with E-state index in [4.69, 9.17) is 4.74 Å². The van der Waals surface area contributed by atoms with Crippen LogP contribution >= 0.6 is 0 Å². The molecule has 1 saturated heterocycles. The SMILES string of the molecule is Cc1ncc(NC(=O)c2cc(C(C)(F)F)ccn2)cc1-c1cnc(N2CCOCC2)c(C#N)c1. The molecule has 0 aliphatic carbocycles. The van der Waals surface area contributed by atoms with Crippen LogP contribution in [0, 0.1) is 18.3 Å². The smallest absolute Gasteiger partial charge is 0.274 e. The number of alkyl halides is 2. The van der Waals surface area contributed by atoms with E-state index < -0.39 is 11.8 Å². The summed E-state index contributed by atoms with van der Waals surface area (Å²) in [7, 11) is 0. The summed E-state index contributed by atoms with van der Waals surface area (Å²) in [5.41, 5.74) is 2.37. The monoisotopic (exact) mass is 464 g/mol. The van der Waals surface area contributed by atoms with Gasteiger partial charge in [0.05, 0.1) is 30.7 Å². The van der Waals surface area contributed by atoms with Gasteiger partial charge >= 0.3 is 0 Å². The number of nitrogens with one attached hydrogen (secondary N) is 1. The van der Waals surface area contributed by atoms with E-state index in [2.05, 4.69) is 26.3 Å². The Bertz CT molecular complexity index is 1260. The molecule has 0 radical (unpaired) electrons. The Hall–Kier alpha value is -3.97. The third-order valence-corrected chi connectivity index (χ3v) is 5.45. The van der Waals surface area contributed by atoms with Crippen molar-refractivity contribution in [2.24, 2.45) is 0 Å². The number of morpholine rings is 1. The molecule has 174 valence electrons. The third kappa shape index (κ3) is 5.00. The van der Waals surface area contributed by atoms with E-state index in [9.17, 15) is 18.8 Å². The number of carbonyl (C=O) groups excluding carboxylic acids is 1. The standard InChI is InChI=1S/C24H22F2N6O2/c1-15-20(17-9-16(12-27)22(30-13-17)32-5-7-34-8-6-32)11-19(14-29-15)31-23(33)21-10-18(3-4-28-21)24(2,25)26/h3-4,9-11,13-14H,5-8H2,1-2H3,(H,31,33). The van der Waals surface area contributed by atoms with Gasteiger partial charge in [-0.3, -0.25) is 14.8 Å². The first-order chi connectivity index (χ1) is 16.3. The van der Waals surface area contributed by atoms with Gasteiger partial charge in [-0.2, -0.15) is 5.26 Å². The van der Waals surface area contributed by atoms with Crippen LogP contribution in [0.25, 0.3) is 11.1 Å². The van der Waals surface area contributed by atoms with Crippen molar-refractivity contribution in [1.29, 1.82) is 5.26 Å². The molecule has 0 spiro atoms. The number of aryl methyl sites for hydroxylation is 1. The maximum absolute atomic E-state index is 13.6. The van der Waals surface area contributed by atoms with Crippen molar-refractivity contribution in [1.82, 2.24) is 15.0 Å². The predicted octanol–water partition coefficient (Wildman–Crippen LogP) is 3.92. The van der Waals surface area contributed by atoms with Gasteiger partial charge in [0, 0.05) is 54.8 Å². The van der Waals surface area contributed by atoms with Crippen LogP contribution in [0.3, 0.4) is 0 Å². The van der Waals surface area contributed by atoms with Crippen molar-refractivity contribution in [2.45, 2.75) is 19.8 Å². The Kier molecular flexibility index (Phi) is 6.47. The van der Waals surface area contributed by atoms with Gasteiger partial charge in [-0.1, -0.05) is 0 Å². The first-order valence-electron chi connectivity index (χ1n) is 10.6. The minimum absolute atomic E-state index is 0.135. The summed E-state index contributed by atoms with van der Waals surface area (Å²) in [6.07, 6.45) is 4.30. The van der Waals surface area contributed by atoms with Crippen LogP contribution < -0.4 is 10.2 Å². The molecular formula is C24H22F2N6O2. The highest BCUT2D eigenvalue weighted by atomic mass is 19.3. The highest BCUT2D eigenvalue weighted by molar-refractivity contribution is 6.03. The number of amides is 1. The number of anilines is 2. The topological polar surface area (TPSA) is 104 Å². The van der Waals surface area contributed by atoms with Crippen LogP contribution in [0.4, 0.5) is 20.3 Å². The summed E-state index contributed by atoms with van der Waals surface area (Å²) in [6.45, 7) is 5.02. The number of rotatable bonds is 5. The van der Waals surface area contributed by atoms with Gasteiger partial charge in [-0.25, -0.2) is 13.8 Å². The lowest BCUT2D eigenvalue weighted by Crippen LogP contribution is -2.37. The Morgan fingerprint density at radius 1 is 1.18 bits per heavy atom. The number of hydrogen-bond donors (Lipinski definition) is 1. The molecule has 1 N–H and O–H groups in total. The van der Waals surface area contributed by atoms with E-state index in [-0.39, 0.29) is 11.3 Å². The van der Waals surface area contributed by atoms with E-state index in [0.29, 0.717) is 60.2 Å². The van der Waals surface area contributed by atoms with Crippen molar-refractivity contribution >= 4 is 17.4 Å². The number of ether oxygens (including phenoxy) is 1. The fourth-order valence-electron chi connectivity index (χ4n) is 3.63. The normalized spacial score (nSPS) is 13.9.